The van der Waals surface area contributed by atoms with E-state index in [1.807, 2.05) is 6.07 Å². The topological polar surface area (TPSA) is 28.4 Å². The summed E-state index contributed by atoms with van der Waals surface area (Å²) in [6, 6.07) is 5.37. The maximum atomic E-state index is 14.0. The molecule has 4 heteroatoms. The maximum Gasteiger partial charge on any atom is 0.147 e. The maximum absolute atomic E-state index is 14.0. The Kier molecular flexibility index (Phi) is 2.52. The Labute approximate surface area is 99.2 Å². The molecule has 1 aromatic carbocycles. The van der Waals surface area contributed by atoms with Crippen molar-refractivity contribution in [1.29, 1.82) is 0 Å². The number of nitrogens with one attached hydrogen (secondary N) is 1. The molecule has 17 heavy (non-hydrogen) atoms. The van der Waals surface area contributed by atoms with Crippen molar-refractivity contribution >= 4 is 16.7 Å². The summed E-state index contributed by atoms with van der Waals surface area (Å²) in [6.45, 7) is 4.64. The van der Waals surface area contributed by atoms with Gasteiger partial charge in [0, 0.05) is 31.1 Å². The molecule has 0 bridgehead atoms. The number of halogens is 1. The molecule has 3 rings (SSSR count). The van der Waals surface area contributed by atoms with Crippen molar-refractivity contribution in [3.05, 3.63) is 30.3 Å². The van der Waals surface area contributed by atoms with E-state index in [-0.39, 0.29) is 5.82 Å². The summed E-state index contributed by atoms with van der Waals surface area (Å²) in [6.07, 6.45) is 1.61. The predicted molar refractivity (Wildman–Crippen MR) is 65.8 cm³/mol. The Morgan fingerprint density at radius 2 is 2.29 bits per heavy atom. The van der Waals surface area contributed by atoms with Crippen LogP contribution in [0.3, 0.4) is 0 Å². The van der Waals surface area contributed by atoms with Crippen LogP contribution in [0.2, 0.25) is 0 Å². The number of anilines is 1. The minimum atomic E-state index is -0.173. The van der Waals surface area contributed by atoms with Gasteiger partial charge in [0.2, 0.25) is 0 Å². The predicted octanol–water partition coefficient (Wildman–Crippen LogP) is 2.37. The van der Waals surface area contributed by atoms with Crippen molar-refractivity contribution in [3.63, 3.8) is 0 Å². The van der Waals surface area contributed by atoms with Crippen molar-refractivity contribution in [2.45, 2.75) is 13.0 Å². The molecule has 1 N–H and O–H groups in total. The molecule has 0 aliphatic carbocycles. The zero-order valence-corrected chi connectivity index (χ0v) is 9.74. The normalized spacial score (nSPS) is 21.1. The third-order valence-corrected chi connectivity index (χ3v) is 3.24. The van der Waals surface area contributed by atoms with Gasteiger partial charge in [0.25, 0.3) is 0 Å². The summed E-state index contributed by atoms with van der Waals surface area (Å²) >= 11 is 0. The van der Waals surface area contributed by atoms with Gasteiger partial charge in [0.05, 0.1) is 12.0 Å². The number of hydrogen-bond acceptors (Lipinski definition) is 3. The molecule has 1 fully saturated rings. The molecule has 0 radical (unpaired) electrons. The van der Waals surface area contributed by atoms with Crippen LogP contribution in [-0.4, -0.2) is 25.7 Å². The third-order valence-electron chi connectivity index (χ3n) is 3.24. The van der Waals surface area contributed by atoms with Crippen LogP contribution in [0.4, 0.5) is 10.1 Å². The molecule has 3 nitrogen and oxygen atoms in total. The SMILES string of the molecule is C[C@@H]1CN(c2c(F)ccc3occc23)CCN1. The second-order valence-electron chi connectivity index (χ2n) is 4.53. The van der Waals surface area contributed by atoms with Crippen LogP contribution < -0.4 is 10.2 Å². The van der Waals surface area contributed by atoms with Gasteiger partial charge in [0.15, 0.2) is 0 Å². The van der Waals surface area contributed by atoms with Crippen LogP contribution in [0.1, 0.15) is 6.92 Å². The first kappa shape index (κ1) is 10.6. The highest BCUT2D eigenvalue weighted by molar-refractivity contribution is 5.91. The molecular weight excluding hydrogens is 219 g/mol. The minimum absolute atomic E-state index is 0.173. The van der Waals surface area contributed by atoms with Gasteiger partial charge < -0.3 is 14.6 Å². The van der Waals surface area contributed by atoms with E-state index >= 15 is 0 Å². The summed E-state index contributed by atoms with van der Waals surface area (Å²) in [5.41, 5.74) is 1.41. The standard InChI is InChI=1S/C13H15FN2O/c1-9-8-16(6-5-15-9)13-10-4-7-17-12(10)3-2-11(13)14/h2-4,7,9,15H,5-6,8H2,1H3/t9-/m1/s1. The highest BCUT2D eigenvalue weighted by Gasteiger charge is 2.21. The Balaban J connectivity index is 2.08. The molecule has 1 saturated heterocycles. The van der Waals surface area contributed by atoms with Crippen LogP contribution >= 0.6 is 0 Å². The van der Waals surface area contributed by atoms with Gasteiger partial charge in [-0.05, 0) is 25.1 Å². The monoisotopic (exact) mass is 234 g/mol. The van der Waals surface area contributed by atoms with Crippen molar-refractivity contribution in [1.82, 2.24) is 5.32 Å². The number of fused-ring (bicyclic) bond motifs is 1. The highest BCUT2D eigenvalue weighted by Crippen LogP contribution is 2.31. The lowest BCUT2D eigenvalue weighted by molar-refractivity contribution is 0.479. The summed E-state index contributed by atoms with van der Waals surface area (Å²) in [4.78, 5) is 2.09. The first-order valence-electron chi connectivity index (χ1n) is 5.90. The molecule has 1 aliphatic heterocycles. The molecule has 0 saturated carbocycles. The summed E-state index contributed by atoms with van der Waals surface area (Å²) in [7, 11) is 0. The van der Waals surface area contributed by atoms with Crippen LogP contribution in [0, 0.1) is 5.82 Å². The van der Waals surface area contributed by atoms with Crippen molar-refractivity contribution in [2.24, 2.45) is 0 Å². The molecule has 0 unspecified atom stereocenters. The van der Waals surface area contributed by atoms with Crippen molar-refractivity contribution in [3.8, 4) is 0 Å². The Morgan fingerprint density at radius 1 is 1.41 bits per heavy atom. The molecule has 0 spiro atoms. The Morgan fingerprint density at radius 3 is 3.12 bits per heavy atom. The number of benzene rings is 1. The van der Waals surface area contributed by atoms with E-state index in [0.717, 1.165) is 30.6 Å². The van der Waals surface area contributed by atoms with E-state index in [4.69, 9.17) is 4.42 Å². The van der Waals surface area contributed by atoms with E-state index in [0.29, 0.717) is 11.7 Å². The first-order chi connectivity index (χ1) is 8.25. The van der Waals surface area contributed by atoms with Gasteiger partial charge in [-0.2, -0.15) is 0 Å². The Hall–Kier alpha value is -1.55. The third kappa shape index (κ3) is 1.78. The molecule has 1 aromatic heterocycles. The van der Waals surface area contributed by atoms with Crippen LogP contribution in [-0.2, 0) is 0 Å². The van der Waals surface area contributed by atoms with E-state index in [1.54, 1.807) is 12.3 Å². The molecule has 0 amide bonds. The fourth-order valence-electron chi connectivity index (χ4n) is 2.46. The van der Waals surface area contributed by atoms with E-state index in [1.165, 1.54) is 6.07 Å². The van der Waals surface area contributed by atoms with Crippen molar-refractivity contribution in [2.75, 3.05) is 24.5 Å². The van der Waals surface area contributed by atoms with E-state index < -0.39 is 0 Å². The van der Waals surface area contributed by atoms with E-state index in [2.05, 4.69) is 17.1 Å². The lowest BCUT2D eigenvalue weighted by Gasteiger charge is -2.34. The average Bonchev–Trinajstić information content (AvgIpc) is 2.76. The molecule has 2 heterocycles. The summed E-state index contributed by atoms with van der Waals surface area (Å²) in [5.74, 6) is -0.173. The van der Waals surface area contributed by atoms with Crippen LogP contribution in [0.5, 0.6) is 0 Å². The van der Waals surface area contributed by atoms with Gasteiger partial charge in [-0.1, -0.05) is 0 Å². The molecule has 2 aromatic rings. The van der Waals surface area contributed by atoms with Crippen LogP contribution in [0.25, 0.3) is 11.0 Å². The average molecular weight is 234 g/mol. The second-order valence-corrected chi connectivity index (χ2v) is 4.53. The van der Waals surface area contributed by atoms with Gasteiger partial charge in [-0.25, -0.2) is 4.39 Å². The fourth-order valence-corrected chi connectivity index (χ4v) is 2.46. The lowest BCUT2D eigenvalue weighted by Crippen LogP contribution is -2.49. The minimum Gasteiger partial charge on any atom is -0.464 e. The zero-order valence-electron chi connectivity index (χ0n) is 9.74. The summed E-state index contributed by atoms with van der Waals surface area (Å²) in [5, 5.41) is 4.22. The fraction of sp³-hybridized carbons (Fsp3) is 0.385. The van der Waals surface area contributed by atoms with Crippen molar-refractivity contribution < 1.29 is 8.81 Å². The quantitative estimate of drug-likeness (QED) is 0.821. The number of piperazine rings is 1. The number of nitrogens with zero attached hydrogens (tertiary/aromatic N) is 1. The number of furan rings is 1. The first-order valence-corrected chi connectivity index (χ1v) is 5.90. The second kappa shape index (κ2) is 4.04. The smallest absolute Gasteiger partial charge is 0.147 e. The van der Waals surface area contributed by atoms with Gasteiger partial charge >= 0.3 is 0 Å². The van der Waals surface area contributed by atoms with Crippen LogP contribution in [0.15, 0.2) is 28.9 Å². The van der Waals surface area contributed by atoms with Gasteiger partial charge in [-0.3, -0.25) is 0 Å². The van der Waals surface area contributed by atoms with Gasteiger partial charge in [0.1, 0.15) is 11.4 Å². The Bertz CT molecular complexity index is 537. The van der Waals surface area contributed by atoms with Gasteiger partial charge in [-0.15, -0.1) is 0 Å². The number of rotatable bonds is 1. The highest BCUT2D eigenvalue weighted by atomic mass is 19.1. The largest absolute Gasteiger partial charge is 0.464 e. The summed E-state index contributed by atoms with van der Waals surface area (Å²) < 4.78 is 19.3. The van der Waals surface area contributed by atoms with E-state index in [9.17, 15) is 4.39 Å². The lowest BCUT2D eigenvalue weighted by atomic mass is 10.1. The molecule has 1 aliphatic rings. The molecule has 1 atom stereocenters. The molecular formula is C13H15FN2O. The number of hydrogen-bond donors (Lipinski definition) is 1. The molecule has 90 valence electrons. The zero-order chi connectivity index (χ0) is 11.8.